The van der Waals surface area contributed by atoms with E-state index in [1.54, 1.807) is 12.1 Å². The predicted molar refractivity (Wildman–Crippen MR) is 69.4 cm³/mol. The molecule has 1 fully saturated rings. The number of aliphatic hydroxyl groups excluding tert-OH is 1. The van der Waals surface area contributed by atoms with Crippen molar-refractivity contribution in [1.82, 2.24) is 4.90 Å². The van der Waals surface area contributed by atoms with Crippen LogP contribution in [-0.2, 0) is 13.1 Å². The van der Waals surface area contributed by atoms with E-state index in [0.29, 0.717) is 13.1 Å². The van der Waals surface area contributed by atoms with Crippen molar-refractivity contribution < 1.29 is 9.50 Å². The first-order chi connectivity index (χ1) is 8.60. The highest BCUT2D eigenvalue weighted by atomic mass is 19.1. The number of nitrogens with two attached hydrogens (primary N) is 1. The molecule has 1 aliphatic rings. The molecule has 3 nitrogen and oxygen atoms in total. The van der Waals surface area contributed by atoms with Crippen molar-refractivity contribution in [2.75, 3.05) is 13.1 Å². The van der Waals surface area contributed by atoms with Crippen LogP contribution in [0.3, 0.4) is 0 Å². The van der Waals surface area contributed by atoms with E-state index in [9.17, 15) is 9.50 Å². The number of likely N-dealkylation sites (tertiary alicyclic amines) is 1. The van der Waals surface area contributed by atoms with Gasteiger partial charge in [0, 0.05) is 26.2 Å². The van der Waals surface area contributed by atoms with Crippen LogP contribution in [0.4, 0.5) is 4.39 Å². The lowest BCUT2D eigenvalue weighted by molar-refractivity contribution is 0.0319. The summed E-state index contributed by atoms with van der Waals surface area (Å²) in [7, 11) is 0. The van der Waals surface area contributed by atoms with Gasteiger partial charge >= 0.3 is 0 Å². The highest BCUT2D eigenvalue weighted by Crippen LogP contribution is 2.20. The summed E-state index contributed by atoms with van der Waals surface area (Å²) in [5.41, 5.74) is 7.63. The molecule has 0 spiro atoms. The maximum Gasteiger partial charge on any atom is 0.123 e. The minimum atomic E-state index is -0.215. The number of piperidine rings is 1. The number of rotatable bonds is 3. The molecule has 1 aromatic rings. The molecule has 0 amide bonds. The Kier molecular flexibility index (Phi) is 4.32. The second-order valence-electron chi connectivity index (χ2n) is 5.19. The smallest absolute Gasteiger partial charge is 0.123 e. The van der Waals surface area contributed by atoms with Crippen molar-refractivity contribution in [3.05, 3.63) is 35.1 Å². The lowest BCUT2D eigenvalue weighted by Crippen LogP contribution is -2.41. The molecule has 100 valence electrons. The van der Waals surface area contributed by atoms with Crippen molar-refractivity contribution in [3.8, 4) is 0 Å². The molecule has 18 heavy (non-hydrogen) atoms. The zero-order chi connectivity index (χ0) is 13.1. The first kappa shape index (κ1) is 13.5. The first-order valence-electron chi connectivity index (χ1n) is 6.48. The molecule has 4 heteroatoms. The van der Waals surface area contributed by atoms with E-state index in [2.05, 4.69) is 4.90 Å². The van der Waals surface area contributed by atoms with Gasteiger partial charge in [-0.2, -0.15) is 0 Å². The van der Waals surface area contributed by atoms with Gasteiger partial charge in [0.25, 0.3) is 0 Å². The Labute approximate surface area is 107 Å². The molecule has 3 N–H and O–H groups in total. The Balaban J connectivity index is 2.07. The largest absolute Gasteiger partial charge is 0.393 e. The van der Waals surface area contributed by atoms with Gasteiger partial charge in [-0.25, -0.2) is 4.39 Å². The fraction of sp³-hybridized carbons (Fsp3) is 0.571. The minimum absolute atomic E-state index is 0.206. The van der Waals surface area contributed by atoms with Crippen LogP contribution in [-0.4, -0.2) is 29.2 Å². The third-order valence-corrected chi connectivity index (χ3v) is 3.73. The Morgan fingerprint density at radius 1 is 1.44 bits per heavy atom. The summed E-state index contributed by atoms with van der Waals surface area (Å²) < 4.78 is 13.3. The predicted octanol–water partition coefficient (Wildman–Crippen LogP) is 1.49. The fourth-order valence-corrected chi connectivity index (χ4v) is 2.54. The summed E-state index contributed by atoms with van der Waals surface area (Å²) in [6.07, 6.45) is 0.580. The lowest BCUT2D eigenvalue weighted by Gasteiger charge is -2.34. The molecule has 2 atom stereocenters. The molecule has 0 saturated carbocycles. The van der Waals surface area contributed by atoms with Crippen molar-refractivity contribution in [2.24, 2.45) is 11.7 Å². The van der Waals surface area contributed by atoms with Crippen molar-refractivity contribution in [1.29, 1.82) is 0 Å². The molecule has 0 aromatic heterocycles. The maximum atomic E-state index is 13.3. The average Bonchev–Trinajstić information content (AvgIpc) is 2.34. The standard InChI is InChI=1S/C14H21FN2O/c1-10-8-17(5-4-14(10)18)9-12-6-13(15)3-2-11(12)7-16/h2-3,6,10,14,18H,4-5,7-9,16H2,1H3. The topological polar surface area (TPSA) is 49.5 Å². The quantitative estimate of drug-likeness (QED) is 0.857. The molecule has 1 aliphatic heterocycles. The van der Waals surface area contributed by atoms with Gasteiger partial charge < -0.3 is 10.8 Å². The third kappa shape index (κ3) is 3.07. The van der Waals surface area contributed by atoms with Gasteiger partial charge in [0.05, 0.1) is 6.10 Å². The fourth-order valence-electron chi connectivity index (χ4n) is 2.54. The van der Waals surface area contributed by atoms with Gasteiger partial charge in [-0.3, -0.25) is 4.90 Å². The second kappa shape index (κ2) is 5.78. The van der Waals surface area contributed by atoms with E-state index in [1.165, 1.54) is 6.07 Å². The van der Waals surface area contributed by atoms with Crippen LogP contribution >= 0.6 is 0 Å². The SMILES string of the molecule is CC1CN(Cc2cc(F)ccc2CN)CCC1O. The second-order valence-corrected chi connectivity index (χ2v) is 5.19. The summed E-state index contributed by atoms with van der Waals surface area (Å²) in [5.74, 6) is 0.0564. The summed E-state index contributed by atoms with van der Waals surface area (Å²) in [4.78, 5) is 2.26. The van der Waals surface area contributed by atoms with Crippen LogP contribution in [0.15, 0.2) is 18.2 Å². The van der Waals surface area contributed by atoms with E-state index in [-0.39, 0.29) is 17.8 Å². The van der Waals surface area contributed by atoms with Gasteiger partial charge in [0.2, 0.25) is 0 Å². The lowest BCUT2D eigenvalue weighted by atomic mass is 9.96. The van der Waals surface area contributed by atoms with Crippen LogP contribution in [0.25, 0.3) is 0 Å². The van der Waals surface area contributed by atoms with Crippen molar-refractivity contribution in [3.63, 3.8) is 0 Å². The van der Waals surface area contributed by atoms with Gasteiger partial charge in [-0.1, -0.05) is 13.0 Å². The summed E-state index contributed by atoms with van der Waals surface area (Å²) >= 11 is 0. The highest BCUT2D eigenvalue weighted by Gasteiger charge is 2.24. The van der Waals surface area contributed by atoms with Crippen LogP contribution in [0.1, 0.15) is 24.5 Å². The average molecular weight is 252 g/mol. The number of hydrogen-bond acceptors (Lipinski definition) is 3. The van der Waals surface area contributed by atoms with E-state index < -0.39 is 0 Å². The molecule has 2 unspecified atom stereocenters. The van der Waals surface area contributed by atoms with Crippen molar-refractivity contribution >= 4 is 0 Å². The van der Waals surface area contributed by atoms with Crippen LogP contribution in [0.5, 0.6) is 0 Å². The monoisotopic (exact) mass is 252 g/mol. The number of benzene rings is 1. The zero-order valence-electron chi connectivity index (χ0n) is 10.8. The Morgan fingerprint density at radius 2 is 2.22 bits per heavy atom. The number of hydrogen-bond donors (Lipinski definition) is 2. The van der Waals surface area contributed by atoms with Crippen molar-refractivity contribution in [2.45, 2.75) is 32.5 Å². The molecule has 0 bridgehead atoms. The molecule has 2 rings (SSSR count). The summed E-state index contributed by atoms with van der Waals surface area (Å²) in [5, 5.41) is 9.70. The van der Waals surface area contributed by atoms with Crippen LogP contribution in [0.2, 0.25) is 0 Å². The number of aliphatic hydroxyl groups is 1. The van der Waals surface area contributed by atoms with Gasteiger partial charge in [0.1, 0.15) is 5.82 Å². The summed E-state index contributed by atoms with van der Waals surface area (Å²) in [6, 6.07) is 4.78. The molecular formula is C14H21FN2O. The summed E-state index contributed by atoms with van der Waals surface area (Å²) in [6.45, 7) is 4.89. The molecular weight excluding hydrogens is 231 g/mol. The van der Waals surface area contributed by atoms with Gasteiger partial charge in [-0.15, -0.1) is 0 Å². The first-order valence-corrected chi connectivity index (χ1v) is 6.48. The van der Waals surface area contributed by atoms with E-state index in [4.69, 9.17) is 5.73 Å². The van der Waals surface area contributed by atoms with Crippen LogP contribution in [0, 0.1) is 11.7 Å². The minimum Gasteiger partial charge on any atom is -0.393 e. The van der Waals surface area contributed by atoms with E-state index in [0.717, 1.165) is 30.6 Å². The Hall–Kier alpha value is -0.970. The van der Waals surface area contributed by atoms with Crippen LogP contribution < -0.4 is 5.73 Å². The molecule has 1 heterocycles. The molecule has 1 saturated heterocycles. The maximum absolute atomic E-state index is 13.3. The van der Waals surface area contributed by atoms with E-state index >= 15 is 0 Å². The normalized spacial score (nSPS) is 25.3. The molecule has 0 aliphatic carbocycles. The number of nitrogens with zero attached hydrogens (tertiary/aromatic N) is 1. The zero-order valence-corrected chi connectivity index (χ0v) is 10.8. The molecule has 1 aromatic carbocycles. The van der Waals surface area contributed by atoms with E-state index in [1.807, 2.05) is 6.92 Å². The Bertz CT molecular complexity index is 411. The number of halogens is 1. The third-order valence-electron chi connectivity index (χ3n) is 3.73. The van der Waals surface area contributed by atoms with Gasteiger partial charge in [-0.05, 0) is 35.6 Å². The molecule has 0 radical (unpaired) electrons. The highest BCUT2D eigenvalue weighted by molar-refractivity contribution is 5.27. The van der Waals surface area contributed by atoms with Gasteiger partial charge in [0.15, 0.2) is 0 Å². The Morgan fingerprint density at radius 3 is 2.89 bits per heavy atom.